The van der Waals surface area contributed by atoms with Crippen LogP contribution in [0.25, 0.3) is 0 Å². The topological polar surface area (TPSA) is 67.8 Å². The summed E-state index contributed by atoms with van der Waals surface area (Å²) >= 11 is 11.8. The van der Waals surface area contributed by atoms with Crippen molar-refractivity contribution in [1.29, 1.82) is 0 Å². The summed E-state index contributed by atoms with van der Waals surface area (Å²) in [5, 5.41) is 13.7. The van der Waals surface area contributed by atoms with E-state index in [0.717, 1.165) is 0 Å². The van der Waals surface area contributed by atoms with E-state index < -0.39 is 6.10 Å². The van der Waals surface area contributed by atoms with Gasteiger partial charge in [-0.25, -0.2) is 0 Å². The van der Waals surface area contributed by atoms with E-state index in [9.17, 15) is 9.90 Å². The Kier molecular flexibility index (Phi) is 5.14. The van der Waals surface area contributed by atoms with Gasteiger partial charge in [-0.15, -0.1) is 0 Å². The summed E-state index contributed by atoms with van der Waals surface area (Å²) in [6.45, 7) is 0.486. The Labute approximate surface area is 149 Å². The van der Waals surface area contributed by atoms with E-state index in [1.807, 2.05) is 0 Å². The first kappa shape index (κ1) is 16.9. The van der Waals surface area contributed by atoms with E-state index in [2.05, 4.69) is 5.32 Å². The largest absolute Gasteiger partial charge is 0.454 e. The Balaban J connectivity index is 1.55. The molecule has 1 atom stereocenters. The molecule has 3 rings (SSSR count). The van der Waals surface area contributed by atoms with Gasteiger partial charge in [0, 0.05) is 11.6 Å². The monoisotopic (exact) mass is 367 g/mol. The Bertz CT molecular complexity index is 766. The third-order valence-corrected chi connectivity index (χ3v) is 4.21. The molecule has 0 saturated heterocycles. The van der Waals surface area contributed by atoms with Crippen molar-refractivity contribution in [2.75, 3.05) is 13.3 Å². The lowest BCUT2D eigenvalue weighted by molar-refractivity contribution is 0.0942. The predicted octanol–water partition coefficient (Wildman–Crippen LogP) is 3.58. The van der Waals surface area contributed by atoms with Gasteiger partial charge in [-0.1, -0.05) is 29.3 Å². The molecule has 2 aromatic rings. The smallest absolute Gasteiger partial charge is 0.252 e. The molecule has 1 aliphatic rings. The number of benzene rings is 2. The van der Waals surface area contributed by atoms with Crippen LogP contribution in [-0.4, -0.2) is 24.4 Å². The maximum absolute atomic E-state index is 12.1. The number of amides is 1. The zero-order valence-corrected chi connectivity index (χ0v) is 14.1. The van der Waals surface area contributed by atoms with Gasteiger partial charge in [0.25, 0.3) is 5.91 Å². The van der Waals surface area contributed by atoms with Crippen LogP contribution in [-0.2, 0) is 0 Å². The SMILES string of the molecule is O=C(NCCC(O)c1ccc2c(c1)OCO2)c1ccc(Cl)cc1Cl. The maximum Gasteiger partial charge on any atom is 0.252 e. The lowest BCUT2D eigenvalue weighted by Crippen LogP contribution is -2.25. The summed E-state index contributed by atoms with van der Waals surface area (Å²) in [7, 11) is 0. The molecule has 0 bridgehead atoms. The van der Waals surface area contributed by atoms with Crippen LogP contribution in [0.3, 0.4) is 0 Å². The lowest BCUT2D eigenvalue weighted by atomic mass is 10.1. The van der Waals surface area contributed by atoms with E-state index in [4.69, 9.17) is 32.7 Å². The summed E-state index contributed by atoms with van der Waals surface area (Å²) in [4.78, 5) is 12.1. The van der Waals surface area contributed by atoms with Crippen molar-refractivity contribution in [3.63, 3.8) is 0 Å². The van der Waals surface area contributed by atoms with Gasteiger partial charge in [0.15, 0.2) is 11.5 Å². The van der Waals surface area contributed by atoms with Crippen molar-refractivity contribution < 1.29 is 19.4 Å². The van der Waals surface area contributed by atoms with Crippen LogP contribution >= 0.6 is 23.2 Å². The van der Waals surface area contributed by atoms with Gasteiger partial charge < -0.3 is 19.9 Å². The molecule has 1 unspecified atom stereocenters. The molecule has 0 radical (unpaired) electrons. The van der Waals surface area contributed by atoms with Gasteiger partial charge in [-0.2, -0.15) is 0 Å². The van der Waals surface area contributed by atoms with Gasteiger partial charge in [0.1, 0.15) is 0 Å². The number of ether oxygens (including phenoxy) is 2. The zero-order valence-electron chi connectivity index (χ0n) is 12.6. The van der Waals surface area contributed by atoms with Crippen molar-refractivity contribution in [3.05, 3.63) is 57.6 Å². The second-order valence-electron chi connectivity index (χ2n) is 5.30. The Morgan fingerprint density at radius 3 is 2.75 bits per heavy atom. The molecular formula is C17H15Cl2NO4. The number of nitrogens with one attached hydrogen (secondary N) is 1. The highest BCUT2D eigenvalue weighted by atomic mass is 35.5. The highest BCUT2D eigenvalue weighted by molar-refractivity contribution is 6.36. The standard InChI is InChI=1S/C17H15Cl2NO4/c18-11-2-3-12(13(19)8-11)17(22)20-6-5-14(21)10-1-4-15-16(7-10)24-9-23-15/h1-4,7-8,14,21H,5-6,9H2,(H,20,22). The van der Waals surface area contributed by atoms with E-state index >= 15 is 0 Å². The molecule has 7 heteroatoms. The number of halogens is 2. The number of fused-ring (bicyclic) bond motifs is 1. The summed E-state index contributed by atoms with van der Waals surface area (Å²) in [5.41, 5.74) is 1.05. The highest BCUT2D eigenvalue weighted by Crippen LogP contribution is 2.34. The molecule has 0 spiro atoms. The molecule has 1 aliphatic heterocycles. The average molecular weight is 368 g/mol. The molecule has 5 nitrogen and oxygen atoms in total. The van der Waals surface area contributed by atoms with Crippen LogP contribution in [0.15, 0.2) is 36.4 Å². The van der Waals surface area contributed by atoms with Crippen LogP contribution in [0, 0.1) is 0 Å². The van der Waals surface area contributed by atoms with Gasteiger partial charge in [0.05, 0.1) is 16.7 Å². The second kappa shape index (κ2) is 7.30. The van der Waals surface area contributed by atoms with Crippen molar-refractivity contribution in [3.8, 4) is 11.5 Å². The molecule has 0 aromatic heterocycles. The summed E-state index contributed by atoms with van der Waals surface area (Å²) in [6.07, 6.45) is -0.364. The van der Waals surface area contributed by atoms with Crippen LogP contribution in [0.2, 0.25) is 10.0 Å². The fraction of sp³-hybridized carbons (Fsp3) is 0.235. The Morgan fingerprint density at radius 2 is 1.96 bits per heavy atom. The van der Waals surface area contributed by atoms with Gasteiger partial charge in [-0.05, 0) is 42.3 Å². The molecule has 0 aliphatic carbocycles. The maximum atomic E-state index is 12.1. The normalized spacial score (nSPS) is 13.6. The highest BCUT2D eigenvalue weighted by Gasteiger charge is 2.17. The summed E-state index contributed by atoms with van der Waals surface area (Å²) in [5.74, 6) is 0.967. The second-order valence-corrected chi connectivity index (χ2v) is 6.14. The fourth-order valence-corrected chi connectivity index (χ4v) is 2.87. The summed E-state index contributed by atoms with van der Waals surface area (Å²) in [6, 6.07) is 9.95. The number of aliphatic hydroxyl groups excluding tert-OH is 1. The van der Waals surface area contributed by atoms with E-state index in [0.29, 0.717) is 40.6 Å². The number of aliphatic hydroxyl groups is 1. The third kappa shape index (κ3) is 3.75. The minimum absolute atomic E-state index is 0.187. The molecule has 1 amide bonds. The first-order valence-electron chi connectivity index (χ1n) is 7.35. The molecule has 1 heterocycles. The van der Waals surface area contributed by atoms with Crippen LogP contribution < -0.4 is 14.8 Å². The van der Waals surface area contributed by atoms with Gasteiger partial charge in [0.2, 0.25) is 6.79 Å². The summed E-state index contributed by atoms with van der Waals surface area (Å²) < 4.78 is 10.5. The van der Waals surface area contributed by atoms with Crippen molar-refractivity contribution in [1.82, 2.24) is 5.32 Å². The number of carbonyl (C=O) groups is 1. The first-order chi connectivity index (χ1) is 11.5. The van der Waals surface area contributed by atoms with Crippen molar-refractivity contribution in [2.45, 2.75) is 12.5 Å². The Hall–Kier alpha value is -1.95. The van der Waals surface area contributed by atoms with E-state index in [-0.39, 0.29) is 17.7 Å². The minimum Gasteiger partial charge on any atom is -0.454 e. The van der Waals surface area contributed by atoms with E-state index in [1.54, 1.807) is 30.3 Å². The zero-order chi connectivity index (χ0) is 17.1. The Morgan fingerprint density at radius 1 is 1.17 bits per heavy atom. The predicted molar refractivity (Wildman–Crippen MR) is 90.9 cm³/mol. The molecule has 126 valence electrons. The van der Waals surface area contributed by atoms with Crippen LogP contribution in [0.4, 0.5) is 0 Å². The quantitative estimate of drug-likeness (QED) is 0.847. The minimum atomic E-state index is -0.722. The van der Waals surface area contributed by atoms with E-state index in [1.165, 1.54) is 6.07 Å². The van der Waals surface area contributed by atoms with Gasteiger partial charge >= 0.3 is 0 Å². The van der Waals surface area contributed by atoms with Crippen molar-refractivity contribution >= 4 is 29.1 Å². The molecule has 2 N–H and O–H groups in total. The number of carbonyl (C=O) groups excluding carboxylic acids is 1. The van der Waals surface area contributed by atoms with Crippen LogP contribution in [0.5, 0.6) is 11.5 Å². The van der Waals surface area contributed by atoms with Crippen molar-refractivity contribution in [2.24, 2.45) is 0 Å². The lowest BCUT2D eigenvalue weighted by Gasteiger charge is -2.13. The number of rotatable bonds is 5. The molecule has 0 saturated carbocycles. The first-order valence-corrected chi connectivity index (χ1v) is 8.11. The molecule has 2 aromatic carbocycles. The van der Waals surface area contributed by atoms with Gasteiger partial charge in [-0.3, -0.25) is 4.79 Å². The molecule has 24 heavy (non-hydrogen) atoms. The molecule has 0 fully saturated rings. The number of hydrogen-bond acceptors (Lipinski definition) is 4. The average Bonchev–Trinajstić information content (AvgIpc) is 3.02. The number of hydrogen-bond donors (Lipinski definition) is 2. The van der Waals surface area contributed by atoms with Crippen LogP contribution in [0.1, 0.15) is 28.4 Å². The fourth-order valence-electron chi connectivity index (χ4n) is 2.38. The third-order valence-electron chi connectivity index (χ3n) is 3.66. The molecular weight excluding hydrogens is 353 g/mol.